The molecule has 0 unspecified atom stereocenters. The maximum absolute atomic E-state index is 12.4. The van der Waals surface area contributed by atoms with E-state index in [1.54, 1.807) is 0 Å². The number of nitrogens with zero attached hydrogens (tertiary/aromatic N) is 3. The van der Waals surface area contributed by atoms with E-state index in [2.05, 4.69) is 44.5 Å². The molecule has 1 aromatic heterocycles. The molecule has 1 fully saturated rings. The summed E-state index contributed by atoms with van der Waals surface area (Å²) in [6, 6.07) is 8.15. The van der Waals surface area contributed by atoms with Crippen LogP contribution in [0.3, 0.4) is 0 Å². The van der Waals surface area contributed by atoms with Gasteiger partial charge in [-0.2, -0.15) is 5.10 Å². The highest BCUT2D eigenvalue weighted by Gasteiger charge is 2.15. The molecule has 1 aliphatic rings. The molecule has 0 aliphatic carbocycles. The molecule has 2 aromatic rings. The quantitative estimate of drug-likeness (QED) is 0.873. The zero-order valence-corrected chi connectivity index (χ0v) is 15.3. The number of carbonyl (C=O) groups is 1. The summed E-state index contributed by atoms with van der Waals surface area (Å²) in [4.78, 5) is 17.2. The Kier molecular flexibility index (Phi) is 5.50. The van der Waals surface area contributed by atoms with Crippen molar-refractivity contribution in [2.24, 2.45) is 0 Å². The second-order valence-electron chi connectivity index (χ2n) is 6.92. The van der Waals surface area contributed by atoms with E-state index in [1.807, 2.05) is 26.0 Å². The molecule has 1 saturated heterocycles. The Morgan fingerprint density at radius 2 is 2.00 bits per heavy atom. The van der Waals surface area contributed by atoms with Gasteiger partial charge >= 0.3 is 0 Å². The van der Waals surface area contributed by atoms with E-state index < -0.39 is 0 Å². The number of amides is 1. The molecule has 2 N–H and O–H groups in total. The number of anilines is 1. The maximum atomic E-state index is 12.4. The maximum Gasteiger partial charge on any atom is 0.228 e. The van der Waals surface area contributed by atoms with Crippen LogP contribution in [0.15, 0.2) is 24.3 Å². The third-order valence-electron chi connectivity index (χ3n) is 4.83. The topological polar surface area (TPSA) is 64.3 Å². The SMILES string of the molecule is Cc1n[nH]c(C)c1CC(=O)Nc1cccc(CN2CCN(C)CC2)c1. The first kappa shape index (κ1) is 17.6. The molecule has 0 spiro atoms. The predicted octanol–water partition coefficient (Wildman–Crippen LogP) is 1.96. The van der Waals surface area contributed by atoms with Gasteiger partial charge in [0, 0.05) is 49.7 Å². The summed E-state index contributed by atoms with van der Waals surface area (Å²) in [6.45, 7) is 9.19. The van der Waals surface area contributed by atoms with Crippen molar-refractivity contribution >= 4 is 11.6 Å². The van der Waals surface area contributed by atoms with Crippen molar-refractivity contribution < 1.29 is 4.79 Å². The molecule has 0 radical (unpaired) electrons. The smallest absolute Gasteiger partial charge is 0.228 e. The lowest BCUT2D eigenvalue weighted by Crippen LogP contribution is -2.43. The lowest BCUT2D eigenvalue weighted by molar-refractivity contribution is -0.115. The monoisotopic (exact) mass is 341 g/mol. The highest BCUT2D eigenvalue weighted by atomic mass is 16.1. The molecular weight excluding hydrogens is 314 g/mol. The fraction of sp³-hybridized carbons (Fsp3) is 0.474. The van der Waals surface area contributed by atoms with Crippen LogP contribution in [0.4, 0.5) is 5.69 Å². The van der Waals surface area contributed by atoms with Gasteiger partial charge in [-0.05, 0) is 38.6 Å². The van der Waals surface area contributed by atoms with Gasteiger partial charge in [0.05, 0.1) is 12.1 Å². The van der Waals surface area contributed by atoms with Gasteiger partial charge in [-0.15, -0.1) is 0 Å². The first-order valence-corrected chi connectivity index (χ1v) is 8.81. The van der Waals surface area contributed by atoms with Crippen LogP contribution in [0, 0.1) is 13.8 Å². The van der Waals surface area contributed by atoms with Crippen molar-refractivity contribution in [3.8, 4) is 0 Å². The number of hydrogen-bond donors (Lipinski definition) is 2. The minimum absolute atomic E-state index is 0.00986. The predicted molar refractivity (Wildman–Crippen MR) is 99.6 cm³/mol. The van der Waals surface area contributed by atoms with E-state index in [4.69, 9.17) is 0 Å². The molecule has 1 aromatic carbocycles. The van der Waals surface area contributed by atoms with Crippen molar-refractivity contribution in [3.05, 3.63) is 46.8 Å². The molecule has 0 saturated carbocycles. The number of aryl methyl sites for hydroxylation is 2. The third-order valence-corrected chi connectivity index (χ3v) is 4.83. The number of aromatic nitrogens is 2. The Morgan fingerprint density at radius 3 is 2.68 bits per heavy atom. The van der Waals surface area contributed by atoms with Gasteiger partial charge in [0.1, 0.15) is 0 Å². The molecule has 1 aliphatic heterocycles. The number of aromatic amines is 1. The van der Waals surface area contributed by atoms with Crippen LogP contribution < -0.4 is 5.32 Å². The second kappa shape index (κ2) is 7.80. The molecule has 25 heavy (non-hydrogen) atoms. The fourth-order valence-corrected chi connectivity index (χ4v) is 3.21. The van der Waals surface area contributed by atoms with Crippen LogP contribution in [0.1, 0.15) is 22.5 Å². The summed E-state index contributed by atoms with van der Waals surface area (Å²) >= 11 is 0. The number of likely N-dealkylation sites (N-methyl/N-ethyl adjacent to an activating group) is 1. The summed E-state index contributed by atoms with van der Waals surface area (Å²) in [5.41, 5.74) is 4.91. The van der Waals surface area contributed by atoms with Gasteiger partial charge in [0.2, 0.25) is 5.91 Å². The normalized spacial score (nSPS) is 16.1. The zero-order valence-electron chi connectivity index (χ0n) is 15.3. The van der Waals surface area contributed by atoms with Gasteiger partial charge in [-0.3, -0.25) is 14.8 Å². The molecule has 134 valence electrons. The van der Waals surface area contributed by atoms with Gasteiger partial charge in [-0.25, -0.2) is 0 Å². The van der Waals surface area contributed by atoms with E-state index in [0.717, 1.165) is 55.4 Å². The first-order valence-electron chi connectivity index (χ1n) is 8.81. The number of nitrogens with one attached hydrogen (secondary N) is 2. The summed E-state index contributed by atoms with van der Waals surface area (Å²) in [6.07, 6.45) is 0.344. The van der Waals surface area contributed by atoms with E-state index >= 15 is 0 Å². The second-order valence-corrected chi connectivity index (χ2v) is 6.92. The average molecular weight is 341 g/mol. The number of rotatable bonds is 5. The van der Waals surface area contributed by atoms with E-state index in [-0.39, 0.29) is 5.91 Å². The first-order chi connectivity index (χ1) is 12.0. The van der Waals surface area contributed by atoms with Crippen LogP contribution in [-0.4, -0.2) is 59.1 Å². The Morgan fingerprint density at radius 1 is 1.24 bits per heavy atom. The molecule has 3 rings (SSSR count). The summed E-state index contributed by atoms with van der Waals surface area (Å²) in [5, 5.41) is 10.1. The summed E-state index contributed by atoms with van der Waals surface area (Å²) in [5.74, 6) is -0.00986. The van der Waals surface area contributed by atoms with Crippen LogP contribution in [0.25, 0.3) is 0 Å². The fourth-order valence-electron chi connectivity index (χ4n) is 3.21. The van der Waals surface area contributed by atoms with Crippen molar-refractivity contribution in [2.45, 2.75) is 26.8 Å². The standard InChI is InChI=1S/C19H27N5O/c1-14-18(15(2)22-21-14)12-19(25)20-17-6-4-5-16(11-17)13-24-9-7-23(3)8-10-24/h4-6,11H,7-10,12-13H2,1-3H3,(H,20,25)(H,21,22). The lowest BCUT2D eigenvalue weighted by Gasteiger charge is -2.32. The Balaban J connectivity index is 1.58. The van der Waals surface area contributed by atoms with Crippen LogP contribution in [0.5, 0.6) is 0 Å². The minimum Gasteiger partial charge on any atom is -0.326 e. The van der Waals surface area contributed by atoms with Gasteiger partial charge in [0.15, 0.2) is 0 Å². The highest BCUT2D eigenvalue weighted by molar-refractivity contribution is 5.92. The average Bonchev–Trinajstić information content (AvgIpc) is 2.89. The van der Waals surface area contributed by atoms with E-state index in [9.17, 15) is 4.79 Å². The molecule has 0 atom stereocenters. The molecular formula is C19H27N5O. The van der Waals surface area contributed by atoms with E-state index in [1.165, 1.54) is 5.56 Å². The van der Waals surface area contributed by atoms with Gasteiger partial charge < -0.3 is 10.2 Å². The molecule has 6 nitrogen and oxygen atoms in total. The zero-order chi connectivity index (χ0) is 17.8. The number of benzene rings is 1. The molecule has 6 heteroatoms. The van der Waals surface area contributed by atoms with Gasteiger partial charge in [0.25, 0.3) is 0 Å². The Labute approximate surface area is 149 Å². The number of hydrogen-bond acceptors (Lipinski definition) is 4. The summed E-state index contributed by atoms with van der Waals surface area (Å²) < 4.78 is 0. The van der Waals surface area contributed by atoms with E-state index in [0.29, 0.717) is 6.42 Å². The summed E-state index contributed by atoms with van der Waals surface area (Å²) in [7, 11) is 2.16. The van der Waals surface area contributed by atoms with Crippen LogP contribution in [-0.2, 0) is 17.8 Å². The number of carbonyl (C=O) groups excluding carboxylic acids is 1. The van der Waals surface area contributed by atoms with Crippen molar-refractivity contribution in [1.29, 1.82) is 0 Å². The molecule has 1 amide bonds. The number of H-pyrrole nitrogens is 1. The Hall–Kier alpha value is -2.18. The van der Waals surface area contributed by atoms with Crippen molar-refractivity contribution in [2.75, 3.05) is 38.5 Å². The third kappa shape index (κ3) is 4.67. The van der Waals surface area contributed by atoms with Crippen LogP contribution >= 0.6 is 0 Å². The molecule has 0 bridgehead atoms. The minimum atomic E-state index is -0.00986. The number of piperazine rings is 1. The van der Waals surface area contributed by atoms with Crippen LogP contribution in [0.2, 0.25) is 0 Å². The van der Waals surface area contributed by atoms with Gasteiger partial charge in [-0.1, -0.05) is 12.1 Å². The Bertz CT molecular complexity index is 712. The largest absolute Gasteiger partial charge is 0.326 e. The highest BCUT2D eigenvalue weighted by Crippen LogP contribution is 2.15. The van der Waals surface area contributed by atoms with Crippen molar-refractivity contribution in [3.63, 3.8) is 0 Å². The molecule has 2 heterocycles. The van der Waals surface area contributed by atoms with Crippen molar-refractivity contribution in [1.82, 2.24) is 20.0 Å². The lowest BCUT2D eigenvalue weighted by atomic mass is 10.1.